The van der Waals surface area contributed by atoms with Gasteiger partial charge in [-0.05, 0) is 89.8 Å². The summed E-state index contributed by atoms with van der Waals surface area (Å²) in [6.45, 7) is 12.5. The molecule has 4 amide bonds. The summed E-state index contributed by atoms with van der Waals surface area (Å²) in [7, 11) is 0. The van der Waals surface area contributed by atoms with E-state index in [1.165, 1.54) is 4.90 Å². The largest absolute Gasteiger partial charge is 0.462 e. The van der Waals surface area contributed by atoms with Crippen molar-refractivity contribution in [2.45, 2.75) is 123 Å². The third-order valence-corrected chi connectivity index (χ3v) is 9.00. The lowest BCUT2D eigenvalue weighted by Crippen LogP contribution is -2.64. The highest BCUT2D eigenvalue weighted by Crippen LogP contribution is 2.23. The summed E-state index contributed by atoms with van der Waals surface area (Å²) in [5, 5.41) is 8.26. The quantitative estimate of drug-likeness (QED) is 0.114. The van der Waals surface area contributed by atoms with E-state index >= 15 is 0 Å². The van der Waals surface area contributed by atoms with E-state index in [1.807, 2.05) is 30.3 Å². The van der Waals surface area contributed by atoms with Crippen LogP contribution in [0, 0.1) is 5.92 Å². The average Bonchev–Trinajstić information content (AvgIpc) is 3.62. The highest BCUT2D eigenvalue weighted by atomic mass is 16.6. The fourth-order valence-electron chi connectivity index (χ4n) is 5.75. The second-order valence-electron chi connectivity index (χ2n) is 14.8. The Bertz CT molecular complexity index is 1540. The van der Waals surface area contributed by atoms with Crippen molar-refractivity contribution in [3.63, 3.8) is 0 Å². The molecule has 1 saturated heterocycles. The van der Waals surface area contributed by atoms with Gasteiger partial charge in [0.05, 0.1) is 12.2 Å². The van der Waals surface area contributed by atoms with Crippen LogP contribution in [0.5, 0.6) is 0 Å². The van der Waals surface area contributed by atoms with E-state index in [2.05, 4.69) is 16.0 Å². The molecule has 0 bridgehead atoms. The first-order valence-corrected chi connectivity index (χ1v) is 18.4. The molecule has 0 aromatic heterocycles. The third-order valence-electron chi connectivity index (χ3n) is 9.00. The van der Waals surface area contributed by atoms with Crippen molar-refractivity contribution in [2.24, 2.45) is 5.92 Å². The number of ether oxygens (including phenoxy) is 3. The molecule has 2 aromatic rings. The van der Waals surface area contributed by atoms with Gasteiger partial charge in [-0.2, -0.15) is 0 Å². The van der Waals surface area contributed by atoms with Crippen LogP contribution in [-0.4, -0.2) is 83.1 Å². The number of rotatable bonds is 17. The van der Waals surface area contributed by atoms with Gasteiger partial charge in [-0.15, -0.1) is 0 Å². The van der Waals surface area contributed by atoms with Crippen LogP contribution in [0.3, 0.4) is 0 Å². The first-order valence-electron chi connectivity index (χ1n) is 18.4. The molecule has 0 saturated carbocycles. The standard InChI is InChI=1S/C40H56N4O9/c1-8-40(7,37(49)42-32(27(2)3)34(46)44-24-17-23-31(44)36(48)52-26-28-18-11-9-12-19-28)43-33(45)30(41-38(50)53-39(4,5)6)22-15-16-25-51-35(47)29-20-13-10-14-21-29/h9-14,18-21,27,30-32H,8,15-17,22-26H2,1-7H3,(H,41,50)(H,42,49)(H,43,45)/t30-,31+,32-,40?/m0/s1. The lowest BCUT2D eigenvalue weighted by Gasteiger charge is -2.35. The number of likely N-dealkylation sites (tertiary alicyclic amines) is 1. The van der Waals surface area contributed by atoms with E-state index in [-0.39, 0.29) is 32.0 Å². The Balaban J connectivity index is 1.66. The van der Waals surface area contributed by atoms with Crippen LogP contribution in [0.1, 0.15) is 103 Å². The summed E-state index contributed by atoms with van der Waals surface area (Å²) in [6, 6.07) is 15.0. The molecule has 53 heavy (non-hydrogen) atoms. The molecule has 4 atom stereocenters. The minimum Gasteiger partial charge on any atom is -0.462 e. The van der Waals surface area contributed by atoms with E-state index in [0.717, 1.165) is 5.56 Å². The summed E-state index contributed by atoms with van der Waals surface area (Å²) in [5.74, 6) is -2.93. The van der Waals surface area contributed by atoms with E-state index in [1.54, 1.807) is 78.8 Å². The predicted octanol–water partition coefficient (Wildman–Crippen LogP) is 5.07. The van der Waals surface area contributed by atoms with Crippen LogP contribution in [0.15, 0.2) is 60.7 Å². The number of hydrogen-bond donors (Lipinski definition) is 3. The lowest BCUT2D eigenvalue weighted by atomic mass is 9.94. The topological polar surface area (TPSA) is 169 Å². The Hall–Kier alpha value is -4.94. The molecule has 0 aliphatic carbocycles. The monoisotopic (exact) mass is 736 g/mol. The Morgan fingerprint density at radius 1 is 0.868 bits per heavy atom. The number of carbonyl (C=O) groups excluding carboxylic acids is 6. The minimum absolute atomic E-state index is 0.0859. The van der Waals surface area contributed by atoms with Crippen LogP contribution in [0.4, 0.5) is 4.79 Å². The van der Waals surface area contributed by atoms with E-state index in [0.29, 0.717) is 37.8 Å². The van der Waals surface area contributed by atoms with Gasteiger partial charge in [-0.3, -0.25) is 14.4 Å². The van der Waals surface area contributed by atoms with Gasteiger partial charge in [0, 0.05) is 6.54 Å². The molecular formula is C40H56N4O9. The summed E-state index contributed by atoms with van der Waals surface area (Å²) < 4.78 is 16.3. The number of carbonyl (C=O) groups is 6. The number of nitrogens with zero attached hydrogens (tertiary/aromatic N) is 1. The van der Waals surface area contributed by atoms with Crippen molar-refractivity contribution in [2.75, 3.05) is 13.2 Å². The molecule has 1 heterocycles. The Morgan fingerprint density at radius 3 is 2.11 bits per heavy atom. The van der Waals surface area contributed by atoms with E-state index in [4.69, 9.17) is 14.2 Å². The van der Waals surface area contributed by atoms with Gasteiger partial charge in [-0.1, -0.05) is 69.3 Å². The maximum Gasteiger partial charge on any atom is 0.408 e. The number of benzene rings is 2. The Kier molecular flexibility index (Phi) is 15.8. The van der Waals surface area contributed by atoms with Crippen LogP contribution in [0.2, 0.25) is 0 Å². The highest BCUT2D eigenvalue weighted by molar-refractivity contribution is 5.97. The zero-order valence-corrected chi connectivity index (χ0v) is 32.1. The van der Waals surface area contributed by atoms with Crippen molar-refractivity contribution in [3.8, 4) is 0 Å². The maximum absolute atomic E-state index is 13.9. The predicted molar refractivity (Wildman–Crippen MR) is 198 cm³/mol. The first kappa shape index (κ1) is 42.5. The molecule has 13 nitrogen and oxygen atoms in total. The lowest BCUT2D eigenvalue weighted by molar-refractivity contribution is -0.155. The number of unbranched alkanes of at least 4 members (excludes halogenated alkanes) is 1. The molecule has 1 aliphatic rings. The van der Waals surface area contributed by atoms with Gasteiger partial charge in [0.1, 0.15) is 35.9 Å². The van der Waals surface area contributed by atoms with Crippen molar-refractivity contribution in [1.29, 1.82) is 0 Å². The third kappa shape index (κ3) is 13.2. The van der Waals surface area contributed by atoms with E-state index in [9.17, 15) is 28.8 Å². The Morgan fingerprint density at radius 2 is 1.51 bits per heavy atom. The number of alkyl carbamates (subject to hydrolysis) is 1. The van der Waals surface area contributed by atoms with E-state index < -0.39 is 65.0 Å². The zero-order valence-electron chi connectivity index (χ0n) is 32.1. The maximum atomic E-state index is 13.9. The molecule has 0 radical (unpaired) electrons. The van der Waals surface area contributed by atoms with Gasteiger partial charge in [0.15, 0.2) is 0 Å². The summed E-state index contributed by atoms with van der Waals surface area (Å²) in [4.78, 5) is 81.2. The van der Waals surface area contributed by atoms with Crippen LogP contribution < -0.4 is 16.0 Å². The van der Waals surface area contributed by atoms with Gasteiger partial charge in [0.25, 0.3) is 0 Å². The SMILES string of the molecule is CCC(C)(NC(=O)[C@H](CCCCOC(=O)c1ccccc1)NC(=O)OC(C)(C)C)C(=O)N[C@H](C(=O)N1CCC[C@@H]1C(=O)OCc1ccccc1)C(C)C. The minimum atomic E-state index is -1.47. The molecule has 2 aromatic carbocycles. The highest BCUT2D eigenvalue weighted by Gasteiger charge is 2.42. The van der Waals surface area contributed by atoms with Gasteiger partial charge in [0.2, 0.25) is 17.7 Å². The molecule has 1 fully saturated rings. The average molecular weight is 737 g/mol. The summed E-state index contributed by atoms with van der Waals surface area (Å²) in [5.41, 5.74) is -1.03. The number of hydrogen-bond acceptors (Lipinski definition) is 9. The van der Waals surface area contributed by atoms with Crippen LogP contribution >= 0.6 is 0 Å². The normalized spacial score (nSPS) is 16.5. The van der Waals surface area contributed by atoms with Crippen LogP contribution in [-0.2, 0) is 40.0 Å². The molecule has 3 N–H and O–H groups in total. The molecule has 290 valence electrons. The zero-order chi connectivity index (χ0) is 39.2. The fourth-order valence-corrected chi connectivity index (χ4v) is 5.75. The molecular weight excluding hydrogens is 680 g/mol. The fraction of sp³-hybridized carbons (Fsp3) is 0.550. The van der Waals surface area contributed by atoms with Gasteiger partial charge < -0.3 is 35.1 Å². The van der Waals surface area contributed by atoms with Gasteiger partial charge in [-0.25, -0.2) is 14.4 Å². The summed E-state index contributed by atoms with van der Waals surface area (Å²) >= 11 is 0. The van der Waals surface area contributed by atoms with Gasteiger partial charge >= 0.3 is 18.0 Å². The van der Waals surface area contributed by atoms with Crippen molar-refractivity contribution < 1.29 is 43.0 Å². The Labute approximate surface area is 312 Å². The second kappa shape index (κ2) is 19.8. The second-order valence-corrected chi connectivity index (χ2v) is 14.8. The number of esters is 2. The van der Waals surface area contributed by atoms with Crippen molar-refractivity contribution in [3.05, 3.63) is 71.8 Å². The number of nitrogens with one attached hydrogen (secondary N) is 3. The number of amides is 4. The smallest absolute Gasteiger partial charge is 0.408 e. The molecule has 13 heteroatoms. The van der Waals surface area contributed by atoms with Crippen molar-refractivity contribution in [1.82, 2.24) is 20.9 Å². The molecule has 1 aliphatic heterocycles. The first-order chi connectivity index (χ1) is 25.0. The molecule has 0 spiro atoms. The van der Waals surface area contributed by atoms with Crippen LogP contribution in [0.25, 0.3) is 0 Å². The summed E-state index contributed by atoms with van der Waals surface area (Å²) in [6.07, 6.45) is 1.40. The molecule has 3 rings (SSSR count). The molecule has 1 unspecified atom stereocenters. The van der Waals surface area contributed by atoms with Crippen molar-refractivity contribution >= 4 is 35.8 Å².